The molecule has 0 unspecified atom stereocenters. The SMILES string of the molecule is Cc1cccc(CN(Cc2ccccn2)CC2CCNCC2)c1.Cl.Cl. The Kier molecular flexibility index (Phi) is 10.1. The number of hydrogen-bond acceptors (Lipinski definition) is 3. The lowest BCUT2D eigenvalue weighted by atomic mass is 9.97. The van der Waals surface area contributed by atoms with Gasteiger partial charge in [-0.3, -0.25) is 9.88 Å². The van der Waals surface area contributed by atoms with Gasteiger partial charge in [0, 0.05) is 25.8 Å². The molecule has 3 rings (SSSR count). The molecule has 0 aliphatic carbocycles. The lowest BCUT2D eigenvalue weighted by Crippen LogP contribution is -2.35. The highest BCUT2D eigenvalue weighted by atomic mass is 35.5. The zero-order chi connectivity index (χ0) is 15.9. The van der Waals surface area contributed by atoms with E-state index in [1.54, 1.807) is 0 Å². The third-order valence-corrected chi connectivity index (χ3v) is 4.58. The van der Waals surface area contributed by atoms with Crippen LogP contribution < -0.4 is 5.32 Å². The van der Waals surface area contributed by atoms with Crippen molar-refractivity contribution in [2.45, 2.75) is 32.9 Å². The van der Waals surface area contributed by atoms with E-state index in [9.17, 15) is 0 Å². The zero-order valence-electron chi connectivity index (χ0n) is 14.9. The number of pyridine rings is 1. The minimum Gasteiger partial charge on any atom is -0.317 e. The fraction of sp³-hybridized carbons (Fsp3) is 0.450. The van der Waals surface area contributed by atoms with E-state index in [-0.39, 0.29) is 24.8 Å². The van der Waals surface area contributed by atoms with Crippen LogP contribution in [0.1, 0.15) is 29.7 Å². The van der Waals surface area contributed by atoms with Crippen molar-refractivity contribution in [3.63, 3.8) is 0 Å². The molecule has 1 aromatic heterocycles. The predicted molar refractivity (Wildman–Crippen MR) is 110 cm³/mol. The summed E-state index contributed by atoms with van der Waals surface area (Å²) in [6, 6.07) is 15.1. The number of rotatable bonds is 6. The molecule has 1 N–H and O–H groups in total. The standard InChI is InChI=1S/C20H27N3.2ClH/c1-17-5-4-6-19(13-17)15-23(14-18-8-11-21-12-9-18)16-20-7-2-3-10-22-20;;/h2-7,10,13,18,21H,8-9,11-12,14-16H2,1H3;2*1H. The number of piperidine rings is 1. The van der Waals surface area contributed by atoms with Crippen molar-refractivity contribution in [2.75, 3.05) is 19.6 Å². The highest BCUT2D eigenvalue weighted by Gasteiger charge is 2.18. The molecule has 138 valence electrons. The van der Waals surface area contributed by atoms with Gasteiger partial charge in [-0.2, -0.15) is 0 Å². The molecular formula is C20H29Cl2N3. The summed E-state index contributed by atoms with van der Waals surface area (Å²) < 4.78 is 0. The van der Waals surface area contributed by atoms with Crippen LogP contribution >= 0.6 is 24.8 Å². The fourth-order valence-electron chi connectivity index (χ4n) is 3.40. The average Bonchev–Trinajstić information content (AvgIpc) is 2.57. The van der Waals surface area contributed by atoms with E-state index in [0.29, 0.717) is 0 Å². The van der Waals surface area contributed by atoms with Crippen molar-refractivity contribution in [3.05, 3.63) is 65.5 Å². The molecule has 1 aromatic carbocycles. The molecule has 1 aliphatic heterocycles. The van der Waals surface area contributed by atoms with Crippen molar-refractivity contribution in [1.82, 2.24) is 15.2 Å². The van der Waals surface area contributed by atoms with Gasteiger partial charge in [0.1, 0.15) is 0 Å². The highest BCUT2D eigenvalue weighted by molar-refractivity contribution is 5.85. The Labute approximate surface area is 164 Å². The molecule has 0 amide bonds. The van der Waals surface area contributed by atoms with E-state index >= 15 is 0 Å². The van der Waals surface area contributed by atoms with Crippen molar-refractivity contribution in [3.8, 4) is 0 Å². The molecule has 0 radical (unpaired) electrons. The maximum Gasteiger partial charge on any atom is 0.0544 e. The zero-order valence-corrected chi connectivity index (χ0v) is 16.5. The first-order valence-electron chi connectivity index (χ1n) is 8.68. The van der Waals surface area contributed by atoms with Crippen molar-refractivity contribution < 1.29 is 0 Å². The van der Waals surface area contributed by atoms with Gasteiger partial charge in [0.15, 0.2) is 0 Å². The van der Waals surface area contributed by atoms with Gasteiger partial charge in [0.25, 0.3) is 0 Å². The Balaban J connectivity index is 0.00000156. The fourth-order valence-corrected chi connectivity index (χ4v) is 3.40. The molecule has 3 nitrogen and oxygen atoms in total. The maximum atomic E-state index is 4.52. The van der Waals surface area contributed by atoms with Gasteiger partial charge in [0.2, 0.25) is 0 Å². The number of halogens is 2. The van der Waals surface area contributed by atoms with Gasteiger partial charge < -0.3 is 5.32 Å². The molecule has 0 bridgehead atoms. The van der Waals surface area contributed by atoms with E-state index in [0.717, 1.165) is 44.3 Å². The minimum atomic E-state index is 0. The van der Waals surface area contributed by atoms with Crippen LogP contribution in [-0.4, -0.2) is 29.5 Å². The molecule has 2 heterocycles. The van der Waals surface area contributed by atoms with Crippen LogP contribution in [0.15, 0.2) is 48.7 Å². The van der Waals surface area contributed by atoms with Crippen LogP contribution in [0.4, 0.5) is 0 Å². The largest absolute Gasteiger partial charge is 0.317 e. The summed E-state index contributed by atoms with van der Waals surface area (Å²) in [4.78, 5) is 7.08. The number of benzene rings is 1. The third kappa shape index (κ3) is 7.33. The van der Waals surface area contributed by atoms with Crippen molar-refractivity contribution in [2.24, 2.45) is 5.92 Å². The molecule has 1 fully saturated rings. The van der Waals surface area contributed by atoms with Crippen LogP contribution in [0.3, 0.4) is 0 Å². The molecule has 0 spiro atoms. The summed E-state index contributed by atoms with van der Waals surface area (Å²) >= 11 is 0. The van der Waals surface area contributed by atoms with Gasteiger partial charge >= 0.3 is 0 Å². The first kappa shape index (κ1) is 21.9. The monoisotopic (exact) mass is 381 g/mol. The molecule has 0 saturated carbocycles. The summed E-state index contributed by atoms with van der Waals surface area (Å²) in [5, 5.41) is 3.46. The summed E-state index contributed by atoms with van der Waals surface area (Å²) in [5.41, 5.74) is 3.89. The molecule has 0 atom stereocenters. The molecule has 2 aromatic rings. The van der Waals surface area contributed by atoms with E-state index < -0.39 is 0 Å². The second kappa shape index (κ2) is 11.5. The number of nitrogens with one attached hydrogen (secondary N) is 1. The number of hydrogen-bond donors (Lipinski definition) is 1. The van der Waals surface area contributed by atoms with E-state index in [2.05, 4.69) is 58.5 Å². The Morgan fingerprint density at radius 1 is 1.04 bits per heavy atom. The summed E-state index contributed by atoms with van der Waals surface area (Å²) in [6.07, 6.45) is 4.46. The minimum absolute atomic E-state index is 0. The predicted octanol–water partition coefficient (Wildman–Crippen LogP) is 4.24. The molecule has 1 aliphatic rings. The molecule has 1 saturated heterocycles. The summed E-state index contributed by atoms with van der Waals surface area (Å²) in [6.45, 7) is 7.57. The maximum absolute atomic E-state index is 4.52. The van der Waals surface area contributed by atoms with Crippen LogP contribution in [-0.2, 0) is 13.1 Å². The van der Waals surface area contributed by atoms with Crippen LogP contribution in [0.2, 0.25) is 0 Å². The topological polar surface area (TPSA) is 28.2 Å². The van der Waals surface area contributed by atoms with Gasteiger partial charge in [-0.15, -0.1) is 24.8 Å². The smallest absolute Gasteiger partial charge is 0.0544 e. The summed E-state index contributed by atoms with van der Waals surface area (Å²) in [7, 11) is 0. The Morgan fingerprint density at radius 3 is 2.52 bits per heavy atom. The lowest BCUT2D eigenvalue weighted by molar-refractivity contribution is 0.189. The first-order chi connectivity index (χ1) is 11.3. The lowest BCUT2D eigenvalue weighted by Gasteiger charge is -2.30. The van der Waals surface area contributed by atoms with E-state index in [1.165, 1.54) is 24.0 Å². The van der Waals surface area contributed by atoms with Gasteiger partial charge in [-0.05, 0) is 56.5 Å². The normalized spacial score (nSPS) is 14.6. The van der Waals surface area contributed by atoms with Crippen molar-refractivity contribution >= 4 is 24.8 Å². The van der Waals surface area contributed by atoms with Gasteiger partial charge in [-0.25, -0.2) is 0 Å². The van der Waals surface area contributed by atoms with Crippen LogP contribution in [0.5, 0.6) is 0 Å². The highest BCUT2D eigenvalue weighted by Crippen LogP contribution is 2.17. The Hall–Kier alpha value is -1.13. The quantitative estimate of drug-likeness (QED) is 0.810. The molecular weight excluding hydrogens is 353 g/mol. The average molecular weight is 382 g/mol. The van der Waals surface area contributed by atoms with Crippen LogP contribution in [0, 0.1) is 12.8 Å². The number of aryl methyl sites for hydroxylation is 1. The van der Waals surface area contributed by atoms with Gasteiger partial charge in [-0.1, -0.05) is 35.9 Å². The van der Waals surface area contributed by atoms with Crippen LogP contribution in [0.25, 0.3) is 0 Å². The van der Waals surface area contributed by atoms with Crippen molar-refractivity contribution in [1.29, 1.82) is 0 Å². The molecule has 5 heteroatoms. The first-order valence-corrected chi connectivity index (χ1v) is 8.68. The second-order valence-electron chi connectivity index (χ2n) is 6.67. The van der Waals surface area contributed by atoms with E-state index in [1.807, 2.05) is 12.3 Å². The Bertz CT molecular complexity index is 601. The second-order valence-corrected chi connectivity index (χ2v) is 6.67. The Morgan fingerprint density at radius 2 is 1.84 bits per heavy atom. The molecule has 25 heavy (non-hydrogen) atoms. The number of nitrogens with zero attached hydrogens (tertiary/aromatic N) is 2. The third-order valence-electron chi connectivity index (χ3n) is 4.58. The summed E-state index contributed by atoms with van der Waals surface area (Å²) in [5.74, 6) is 0.796. The van der Waals surface area contributed by atoms with E-state index in [4.69, 9.17) is 0 Å². The number of aromatic nitrogens is 1. The van der Waals surface area contributed by atoms with Gasteiger partial charge in [0.05, 0.1) is 5.69 Å².